The molecule has 0 atom stereocenters. The normalized spacial score (nSPS) is 10.7. The van der Waals surface area contributed by atoms with Gasteiger partial charge >= 0.3 is 0 Å². The fourth-order valence-corrected chi connectivity index (χ4v) is 1.73. The topological polar surface area (TPSA) is 84.5 Å². The maximum absolute atomic E-state index is 12.0. The summed E-state index contributed by atoms with van der Waals surface area (Å²) in [6.07, 6.45) is 2.81. The minimum atomic E-state index is -0.258. The molecule has 22 heavy (non-hydrogen) atoms. The van der Waals surface area contributed by atoms with Crippen molar-refractivity contribution in [1.82, 2.24) is 14.9 Å². The number of hydrogen-bond acceptors (Lipinski definition) is 5. The maximum Gasteiger partial charge on any atom is 0.270 e. The van der Waals surface area contributed by atoms with Gasteiger partial charge in [-0.1, -0.05) is 18.2 Å². The van der Waals surface area contributed by atoms with Crippen LogP contribution in [0.1, 0.15) is 10.4 Å². The van der Waals surface area contributed by atoms with Gasteiger partial charge in [-0.25, -0.2) is 4.68 Å². The molecule has 0 bridgehead atoms. The van der Waals surface area contributed by atoms with E-state index in [9.17, 15) is 4.79 Å². The Hall–Kier alpha value is -3.35. The molecule has 0 aliphatic heterocycles. The first-order valence-electron chi connectivity index (χ1n) is 6.54. The number of azo groups is 1. The van der Waals surface area contributed by atoms with Crippen LogP contribution in [-0.4, -0.2) is 20.8 Å². The van der Waals surface area contributed by atoms with E-state index in [1.807, 2.05) is 30.3 Å². The molecule has 1 heterocycles. The molecule has 1 aromatic heterocycles. The molecule has 7 heteroatoms. The van der Waals surface area contributed by atoms with Gasteiger partial charge in [0, 0.05) is 5.56 Å². The largest absolute Gasteiger partial charge is 0.270 e. The maximum atomic E-state index is 12.0. The average molecular weight is 292 g/mol. The number of nitrogens with zero attached hydrogens (tertiary/aromatic N) is 5. The molecule has 1 amide bonds. The fraction of sp³-hybridized carbons (Fsp3) is 0. The number of benzene rings is 2. The highest BCUT2D eigenvalue weighted by Crippen LogP contribution is 2.18. The Labute approximate surface area is 126 Å². The molecular weight excluding hydrogens is 280 g/mol. The first-order chi connectivity index (χ1) is 10.8. The van der Waals surface area contributed by atoms with Crippen molar-refractivity contribution in [2.24, 2.45) is 10.2 Å². The van der Waals surface area contributed by atoms with E-state index in [-0.39, 0.29) is 5.91 Å². The summed E-state index contributed by atoms with van der Waals surface area (Å²) < 4.78 is 1.38. The summed E-state index contributed by atoms with van der Waals surface area (Å²) in [4.78, 5) is 12.0. The summed E-state index contributed by atoms with van der Waals surface area (Å²) in [5.41, 5.74) is 4.57. The molecule has 3 aromatic rings. The van der Waals surface area contributed by atoms with Crippen molar-refractivity contribution in [3.8, 4) is 0 Å². The van der Waals surface area contributed by atoms with E-state index in [1.54, 1.807) is 24.3 Å². The monoisotopic (exact) mass is 292 g/mol. The molecule has 3 rings (SSSR count). The molecular formula is C15H12N6O. The number of carbonyl (C=O) groups excluding carboxylic acids is 1. The molecule has 0 saturated heterocycles. The van der Waals surface area contributed by atoms with Crippen molar-refractivity contribution >= 4 is 17.3 Å². The minimum Gasteiger partial charge on any atom is -0.267 e. The van der Waals surface area contributed by atoms with E-state index >= 15 is 0 Å². The lowest BCUT2D eigenvalue weighted by molar-refractivity contribution is 0.101. The number of rotatable bonds is 4. The molecule has 0 fully saturated rings. The van der Waals surface area contributed by atoms with Gasteiger partial charge in [0.2, 0.25) is 0 Å². The van der Waals surface area contributed by atoms with Gasteiger partial charge in [0.15, 0.2) is 0 Å². The Kier molecular flexibility index (Phi) is 3.96. The van der Waals surface area contributed by atoms with E-state index in [0.717, 1.165) is 5.69 Å². The van der Waals surface area contributed by atoms with Crippen molar-refractivity contribution in [2.75, 3.05) is 5.43 Å². The SMILES string of the molecule is O=C(Nn1cnnc1)c1ccc(N=Nc2ccccc2)cc1. The van der Waals surface area contributed by atoms with E-state index < -0.39 is 0 Å². The van der Waals surface area contributed by atoms with Gasteiger partial charge in [-0.05, 0) is 36.4 Å². The molecule has 0 spiro atoms. The smallest absolute Gasteiger partial charge is 0.267 e. The van der Waals surface area contributed by atoms with Crippen molar-refractivity contribution in [2.45, 2.75) is 0 Å². The molecule has 0 radical (unpaired) electrons. The van der Waals surface area contributed by atoms with Crippen LogP contribution in [0.5, 0.6) is 0 Å². The number of aromatic nitrogens is 3. The zero-order valence-electron chi connectivity index (χ0n) is 11.5. The minimum absolute atomic E-state index is 0.258. The van der Waals surface area contributed by atoms with E-state index in [1.165, 1.54) is 17.3 Å². The highest BCUT2D eigenvalue weighted by atomic mass is 16.2. The highest BCUT2D eigenvalue weighted by molar-refractivity contribution is 6.00. The summed E-state index contributed by atoms with van der Waals surface area (Å²) in [5, 5.41) is 15.5. The first-order valence-corrected chi connectivity index (χ1v) is 6.54. The van der Waals surface area contributed by atoms with Crippen LogP contribution in [0.15, 0.2) is 77.5 Å². The molecule has 0 unspecified atom stereocenters. The summed E-state index contributed by atoms with van der Waals surface area (Å²) >= 11 is 0. The number of amides is 1. The lowest BCUT2D eigenvalue weighted by Gasteiger charge is -2.04. The zero-order chi connectivity index (χ0) is 15.2. The van der Waals surface area contributed by atoms with Gasteiger partial charge in [-0.15, -0.1) is 10.2 Å². The van der Waals surface area contributed by atoms with E-state index in [2.05, 4.69) is 25.9 Å². The Balaban J connectivity index is 1.67. The predicted octanol–water partition coefficient (Wildman–Crippen LogP) is 3.08. The van der Waals surface area contributed by atoms with Crippen LogP contribution in [0.2, 0.25) is 0 Å². The lowest BCUT2D eigenvalue weighted by atomic mass is 10.2. The Morgan fingerprint density at radius 2 is 1.45 bits per heavy atom. The van der Waals surface area contributed by atoms with Crippen molar-refractivity contribution in [3.05, 3.63) is 72.8 Å². The fourth-order valence-electron chi connectivity index (χ4n) is 1.73. The third-order valence-corrected chi connectivity index (χ3v) is 2.82. The number of hydrogen-bond donors (Lipinski definition) is 1. The predicted molar refractivity (Wildman–Crippen MR) is 80.8 cm³/mol. The second kappa shape index (κ2) is 6.40. The van der Waals surface area contributed by atoms with Crippen molar-refractivity contribution in [3.63, 3.8) is 0 Å². The van der Waals surface area contributed by atoms with Crippen molar-refractivity contribution in [1.29, 1.82) is 0 Å². The van der Waals surface area contributed by atoms with Crippen molar-refractivity contribution < 1.29 is 4.79 Å². The zero-order valence-corrected chi connectivity index (χ0v) is 11.5. The third-order valence-electron chi connectivity index (χ3n) is 2.82. The first kappa shape index (κ1) is 13.6. The van der Waals surface area contributed by atoms with Crippen LogP contribution >= 0.6 is 0 Å². The summed E-state index contributed by atoms with van der Waals surface area (Å²) in [6, 6.07) is 16.3. The van der Waals surface area contributed by atoms with E-state index in [0.29, 0.717) is 11.3 Å². The quantitative estimate of drug-likeness (QED) is 0.750. The number of nitrogens with one attached hydrogen (secondary N) is 1. The van der Waals surface area contributed by atoms with Crippen LogP contribution in [0, 0.1) is 0 Å². The molecule has 0 saturated carbocycles. The van der Waals surface area contributed by atoms with Crippen LogP contribution in [0.25, 0.3) is 0 Å². The van der Waals surface area contributed by atoms with Crippen LogP contribution < -0.4 is 5.43 Å². The Morgan fingerprint density at radius 3 is 2.09 bits per heavy atom. The lowest BCUT2D eigenvalue weighted by Crippen LogP contribution is -2.21. The Bertz CT molecular complexity index is 766. The van der Waals surface area contributed by atoms with Crippen LogP contribution in [0.4, 0.5) is 11.4 Å². The average Bonchev–Trinajstić information content (AvgIpc) is 3.07. The molecule has 0 aliphatic carbocycles. The summed E-state index contributed by atoms with van der Waals surface area (Å²) in [5.74, 6) is -0.258. The van der Waals surface area contributed by atoms with Gasteiger partial charge < -0.3 is 0 Å². The highest BCUT2D eigenvalue weighted by Gasteiger charge is 2.05. The van der Waals surface area contributed by atoms with Crippen LogP contribution in [0.3, 0.4) is 0 Å². The summed E-state index contributed by atoms with van der Waals surface area (Å²) in [6.45, 7) is 0. The molecule has 1 N–H and O–H groups in total. The third kappa shape index (κ3) is 3.40. The van der Waals surface area contributed by atoms with Gasteiger partial charge in [-0.3, -0.25) is 10.2 Å². The molecule has 2 aromatic carbocycles. The Morgan fingerprint density at radius 1 is 0.864 bits per heavy atom. The van der Waals surface area contributed by atoms with Gasteiger partial charge in [0.25, 0.3) is 5.91 Å². The molecule has 108 valence electrons. The molecule has 7 nitrogen and oxygen atoms in total. The van der Waals surface area contributed by atoms with Gasteiger partial charge in [0.05, 0.1) is 11.4 Å². The number of carbonyl (C=O) groups is 1. The van der Waals surface area contributed by atoms with E-state index in [4.69, 9.17) is 0 Å². The molecule has 0 aliphatic rings. The van der Waals surface area contributed by atoms with Crippen LogP contribution in [-0.2, 0) is 0 Å². The summed E-state index contributed by atoms with van der Waals surface area (Å²) in [7, 11) is 0. The van der Waals surface area contributed by atoms with Gasteiger partial charge in [0.1, 0.15) is 12.7 Å². The second-order valence-corrected chi connectivity index (χ2v) is 4.39. The standard InChI is InChI=1S/C15H12N6O/c22-15(20-21-10-16-17-11-21)12-6-8-14(9-7-12)19-18-13-4-2-1-3-5-13/h1-11H,(H,20,22). The van der Waals surface area contributed by atoms with Gasteiger partial charge in [-0.2, -0.15) is 10.2 Å². The second-order valence-electron chi connectivity index (χ2n) is 4.39.